The normalized spacial score (nSPS) is 10.8. The van der Waals surface area contributed by atoms with Crippen LogP contribution in [0, 0.1) is 6.92 Å². The molecule has 1 rings (SSSR count). The Kier molecular flexibility index (Phi) is 5.82. The second kappa shape index (κ2) is 6.90. The van der Waals surface area contributed by atoms with Gasteiger partial charge in [-0.15, -0.1) is 0 Å². The zero-order valence-corrected chi connectivity index (χ0v) is 13.1. The Bertz CT molecular complexity index is 418. The van der Waals surface area contributed by atoms with Crippen molar-refractivity contribution in [2.75, 3.05) is 34.2 Å². The zero-order valence-electron chi connectivity index (χ0n) is 11.5. The summed E-state index contributed by atoms with van der Waals surface area (Å²) in [5.74, 6) is 0.0735. The molecule has 0 N–H and O–H groups in total. The fraction of sp³-hybridized carbons (Fsp3) is 0.500. The van der Waals surface area contributed by atoms with Crippen LogP contribution in [0.5, 0.6) is 0 Å². The molecule has 1 aromatic carbocycles. The van der Waals surface area contributed by atoms with Gasteiger partial charge in [-0.2, -0.15) is 0 Å². The minimum absolute atomic E-state index is 0.0735. The summed E-state index contributed by atoms with van der Waals surface area (Å²) in [5.41, 5.74) is 1.82. The highest BCUT2D eigenvalue weighted by atomic mass is 79.9. The predicted molar refractivity (Wildman–Crippen MR) is 79.0 cm³/mol. The number of carbonyl (C=O) groups excluding carboxylic acids is 1. The van der Waals surface area contributed by atoms with Gasteiger partial charge in [0.25, 0.3) is 5.91 Å². The fourth-order valence-electron chi connectivity index (χ4n) is 1.74. The number of aryl methyl sites for hydroxylation is 1. The summed E-state index contributed by atoms with van der Waals surface area (Å²) in [7, 11) is 5.94. The van der Waals surface area contributed by atoms with Gasteiger partial charge in [0.05, 0.1) is 5.56 Å². The van der Waals surface area contributed by atoms with Crippen molar-refractivity contribution in [1.82, 2.24) is 9.80 Å². The Balaban J connectivity index is 2.66. The Morgan fingerprint density at radius 2 is 1.89 bits per heavy atom. The summed E-state index contributed by atoms with van der Waals surface area (Å²) in [6, 6.07) is 5.77. The number of carbonyl (C=O) groups is 1. The first-order valence-corrected chi connectivity index (χ1v) is 6.88. The first-order chi connectivity index (χ1) is 8.43. The van der Waals surface area contributed by atoms with Gasteiger partial charge in [-0.05, 0) is 61.5 Å². The lowest BCUT2D eigenvalue weighted by atomic mass is 10.1. The van der Waals surface area contributed by atoms with E-state index in [1.54, 1.807) is 4.90 Å². The van der Waals surface area contributed by atoms with E-state index in [1.807, 2.05) is 46.3 Å². The van der Waals surface area contributed by atoms with E-state index in [4.69, 9.17) is 0 Å². The summed E-state index contributed by atoms with van der Waals surface area (Å²) in [5, 5.41) is 0. The van der Waals surface area contributed by atoms with Gasteiger partial charge in [0.15, 0.2) is 0 Å². The van der Waals surface area contributed by atoms with E-state index >= 15 is 0 Å². The minimum Gasteiger partial charge on any atom is -0.342 e. The molecule has 0 aliphatic heterocycles. The highest BCUT2D eigenvalue weighted by Gasteiger charge is 2.15. The molecule has 1 amide bonds. The van der Waals surface area contributed by atoms with Crippen LogP contribution in [0.1, 0.15) is 22.3 Å². The van der Waals surface area contributed by atoms with E-state index < -0.39 is 0 Å². The quantitative estimate of drug-likeness (QED) is 0.834. The monoisotopic (exact) mass is 312 g/mol. The zero-order chi connectivity index (χ0) is 13.7. The Morgan fingerprint density at radius 1 is 1.22 bits per heavy atom. The fourth-order valence-corrected chi connectivity index (χ4v) is 2.18. The smallest absolute Gasteiger partial charge is 0.254 e. The van der Waals surface area contributed by atoms with Gasteiger partial charge in [0.1, 0.15) is 0 Å². The minimum atomic E-state index is 0.0735. The molecule has 0 radical (unpaired) electrons. The third kappa shape index (κ3) is 4.10. The van der Waals surface area contributed by atoms with Crippen LogP contribution in [0.3, 0.4) is 0 Å². The molecule has 0 aliphatic carbocycles. The maximum absolute atomic E-state index is 12.3. The van der Waals surface area contributed by atoms with Crippen molar-refractivity contribution in [3.8, 4) is 0 Å². The largest absolute Gasteiger partial charge is 0.342 e. The third-order valence-electron chi connectivity index (χ3n) is 2.87. The van der Waals surface area contributed by atoms with Crippen LogP contribution in [0.15, 0.2) is 22.7 Å². The Labute approximate surface area is 118 Å². The molecule has 0 aliphatic rings. The number of nitrogens with zero attached hydrogens (tertiary/aromatic N) is 2. The van der Waals surface area contributed by atoms with E-state index in [-0.39, 0.29) is 5.91 Å². The molecular weight excluding hydrogens is 292 g/mol. The summed E-state index contributed by atoms with van der Waals surface area (Å²) in [6.45, 7) is 3.76. The molecule has 0 unspecified atom stereocenters. The van der Waals surface area contributed by atoms with Crippen molar-refractivity contribution in [1.29, 1.82) is 0 Å². The first kappa shape index (κ1) is 15.2. The van der Waals surface area contributed by atoms with E-state index in [0.29, 0.717) is 0 Å². The lowest BCUT2D eigenvalue weighted by molar-refractivity contribution is 0.0789. The number of halogens is 1. The molecule has 3 nitrogen and oxygen atoms in total. The van der Waals surface area contributed by atoms with Crippen molar-refractivity contribution >= 4 is 21.8 Å². The van der Waals surface area contributed by atoms with Gasteiger partial charge in [-0.1, -0.05) is 12.1 Å². The van der Waals surface area contributed by atoms with Crippen LogP contribution >= 0.6 is 15.9 Å². The predicted octanol–water partition coefficient (Wildman–Crippen LogP) is 2.78. The average Bonchev–Trinajstić information content (AvgIpc) is 2.31. The van der Waals surface area contributed by atoms with Gasteiger partial charge in [-0.3, -0.25) is 4.79 Å². The molecule has 18 heavy (non-hydrogen) atoms. The second-order valence-corrected chi connectivity index (χ2v) is 5.61. The number of hydrogen-bond acceptors (Lipinski definition) is 2. The van der Waals surface area contributed by atoms with E-state index in [0.717, 1.165) is 35.1 Å². The molecule has 100 valence electrons. The molecule has 0 heterocycles. The number of amides is 1. The van der Waals surface area contributed by atoms with E-state index in [2.05, 4.69) is 20.8 Å². The summed E-state index contributed by atoms with van der Waals surface area (Å²) < 4.78 is 0.898. The van der Waals surface area contributed by atoms with Crippen molar-refractivity contribution in [2.45, 2.75) is 13.3 Å². The molecule has 1 aromatic rings. The third-order valence-corrected chi connectivity index (χ3v) is 3.92. The first-order valence-electron chi connectivity index (χ1n) is 6.08. The molecule has 0 bridgehead atoms. The van der Waals surface area contributed by atoms with Crippen LogP contribution in [0.4, 0.5) is 0 Å². The van der Waals surface area contributed by atoms with Gasteiger partial charge < -0.3 is 9.80 Å². The highest BCUT2D eigenvalue weighted by Crippen LogP contribution is 2.22. The lowest BCUT2D eigenvalue weighted by Crippen LogP contribution is -2.30. The van der Waals surface area contributed by atoms with Crippen LogP contribution in [-0.2, 0) is 0 Å². The van der Waals surface area contributed by atoms with E-state index in [9.17, 15) is 4.79 Å². The standard InChI is InChI=1S/C14H21BrN2O/c1-11-7-5-8-12(13(11)15)14(18)17(4)10-6-9-16(2)3/h5,7-8H,6,9-10H2,1-4H3. The number of rotatable bonds is 5. The maximum Gasteiger partial charge on any atom is 0.254 e. The molecule has 4 heteroatoms. The van der Waals surface area contributed by atoms with Crippen LogP contribution < -0.4 is 0 Å². The summed E-state index contributed by atoms with van der Waals surface area (Å²) >= 11 is 3.48. The van der Waals surface area contributed by atoms with Crippen molar-refractivity contribution in [2.24, 2.45) is 0 Å². The van der Waals surface area contributed by atoms with Crippen LogP contribution in [0.2, 0.25) is 0 Å². The molecule has 0 fully saturated rings. The molecule has 0 saturated carbocycles. The van der Waals surface area contributed by atoms with Gasteiger partial charge in [-0.25, -0.2) is 0 Å². The molecule has 0 spiro atoms. The molecular formula is C14H21BrN2O. The van der Waals surface area contributed by atoms with Crippen molar-refractivity contribution in [3.63, 3.8) is 0 Å². The summed E-state index contributed by atoms with van der Waals surface area (Å²) in [4.78, 5) is 16.2. The molecule has 0 atom stereocenters. The van der Waals surface area contributed by atoms with Crippen molar-refractivity contribution < 1.29 is 4.79 Å². The van der Waals surface area contributed by atoms with Gasteiger partial charge in [0, 0.05) is 18.1 Å². The topological polar surface area (TPSA) is 23.6 Å². The van der Waals surface area contributed by atoms with Crippen LogP contribution in [-0.4, -0.2) is 49.9 Å². The molecule has 0 aromatic heterocycles. The number of benzene rings is 1. The van der Waals surface area contributed by atoms with Gasteiger partial charge in [0.2, 0.25) is 0 Å². The highest BCUT2D eigenvalue weighted by molar-refractivity contribution is 9.10. The lowest BCUT2D eigenvalue weighted by Gasteiger charge is -2.19. The molecule has 0 saturated heterocycles. The van der Waals surface area contributed by atoms with Crippen LogP contribution in [0.25, 0.3) is 0 Å². The maximum atomic E-state index is 12.3. The van der Waals surface area contributed by atoms with Gasteiger partial charge >= 0.3 is 0 Å². The Morgan fingerprint density at radius 3 is 2.50 bits per heavy atom. The van der Waals surface area contributed by atoms with E-state index in [1.165, 1.54) is 0 Å². The summed E-state index contributed by atoms with van der Waals surface area (Å²) in [6.07, 6.45) is 0.985. The number of hydrogen-bond donors (Lipinski definition) is 0. The Hall–Kier alpha value is -0.870. The van der Waals surface area contributed by atoms with Crippen molar-refractivity contribution in [3.05, 3.63) is 33.8 Å². The SMILES string of the molecule is Cc1cccc(C(=O)N(C)CCCN(C)C)c1Br. The average molecular weight is 313 g/mol. The second-order valence-electron chi connectivity index (χ2n) is 4.82.